The molecule has 0 N–H and O–H groups in total. The molecule has 0 spiro atoms. The van der Waals surface area contributed by atoms with Crippen molar-refractivity contribution in [3.8, 4) is 11.1 Å². The summed E-state index contributed by atoms with van der Waals surface area (Å²) in [7, 11) is 0. The molecule has 2 rings (SSSR count). The van der Waals surface area contributed by atoms with Gasteiger partial charge in [0.15, 0.2) is 0 Å². The normalized spacial score (nSPS) is 13.3. The Kier molecular flexibility index (Phi) is 5.48. The monoisotopic (exact) mass is 295 g/mol. The van der Waals surface area contributed by atoms with Gasteiger partial charge >= 0.3 is 0 Å². The Bertz CT molecular complexity index is 620. The molecule has 0 bridgehead atoms. The molecule has 0 aliphatic rings. The van der Waals surface area contributed by atoms with Gasteiger partial charge in [-0.15, -0.1) is 6.58 Å². The lowest BCUT2D eigenvalue weighted by Gasteiger charge is -2.12. The van der Waals surface area contributed by atoms with Gasteiger partial charge in [-0.3, -0.25) is 10.1 Å². The molecule has 114 valence electrons. The fourth-order valence-corrected chi connectivity index (χ4v) is 2.51. The molecule has 0 heterocycles. The quantitative estimate of drug-likeness (QED) is 0.420. The highest BCUT2D eigenvalue weighted by Crippen LogP contribution is 2.21. The minimum absolute atomic E-state index is 0.152. The van der Waals surface area contributed by atoms with Gasteiger partial charge in [0, 0.05) is 17.8 Å². The third kappa shape index (κ3) is 4.29. The molecule has 0 fully saturated rings. The summed E-state index contributed by atoms with van der Waals surface area (Å²) >= 11 is 0. The summed E-state index contributed by atoms with van der Waals surface area (Å²) in [5, 5.41) is 11.2. The summed E-state index contributed by atoms with van der Waals surface area (Å²) in [4.78, 5) is 11.0. The maximum atomic E-state index is 11.2. The van der Waals surface area contributed by atoms with Gasteiger partial charge in [0.1, 0.15) is 0 Å². The first-order valence-electron chi connectivity index (χ1n) is 7.50. The van der Waals surface area contributed by atoms with Crippen LogP contribution < -0.4 is 0 Å². The summed E-state index contributed by atoms with van der Waals surface area (Å²) < 4.78 is 0. The van der Waals surface area contributed by atoms with E-state index in [2.05, 4.69) is 18.7 Å². The van der Waals surface area contributed by atoms with Gasteiger partial charge in [-0.25, -0.2) is 0 Å². The van der Waals surface area contributed by atoms with Gasteiger partial charge < -0.3 is 0 Å². The number of hydrogen-bond donors (Lipinski definition) is 0. The number of hydrogen-bond acceptors (Lipinski definition) is 2. The molecule has 0 amide bonds. The van der Waals surface area contributed by atoms with Crippen molar-refractivity contribution in [1.82, 2.24) is 0 Å². The summed E-state index contributed by atoms with van der Waals surface area (Å²) in [5.41, 5.74) is 3.28. The molecule has 22 heavy (non-hydrogen) atoms. The molecule has 0 saturated heterocycles. The van der Waals surface area contributed by atoms with E-state index in [1.165, 1.54) is 0 Å². The molecule has 2 unspecified atom stereocenters. The minimum atomic E-state index is -0.560. The smallest absolute Gasteiger partial charge is 0.217 e. The zero-order valence-electron chi connectivity index (χ0n) is 12.8. The van der Waals surface area contributed by atoms with Crippen molar-refractivity contribution in [2.24, 2.45) is 5.92 Å². The predicted octanol–water partition coefficient (Wildman–Crippen LogP) is 4.75. The summed E-state index contributed by atoms with van der Waals surface area (Å²) in [5.74, 6) is 0.152. The fraction of sp³-hybridized carbons (Fsp3) is 0.263. The van der Waals surface area contributed by atoms with Crippen LogP contribution in [0.2, 0.25) is 0 Å². The van der Waals surface area contributed by atoms with Crippen LogP contribution in [0.3, 0.4) is 0 Å². The van der Waals surface area contributed by atoms with Crippen molar-refractivity contribution >= 4 is 0 Å². The maximum Gasteiger partial charge on any atom is 0.217 e. The van der Waals surface area contributed by atoms with Crippen LogP contribution in [-0.4, -0.2) is 11.0 Å². The second kappa shape index (κ2) is 7.55. The van der Waals surface area contributed by atoms with Crippen molar-refractivity contribution in [3.63, 3.8) is 0 Å². The number of rotatable bonds is 7. The molecule has 3 nitrogen and oxygen atoms in total. The van der Waals surface area contributed by atoms with E-state index in [0.717, 1.165) is 16.7 Å². The van der Waals surface area contributed by atoms with Crippen LogP contribution in [0, 0.1) is 16.0 Å². The predicted molar refractivity (Wildman–Crippen MR) is 90.3 cm³/mol. The fourth-order valence-electron chi connectivity index (χ4n) is 2.51. The first-order chi connectivity index (χ1) is 10.6. The van der Waals surface area contributed by atoms with Crippen LogP contribution in [0.4, 0.5) is 0 Å². The Morgan fingerprint density at radius 1 is 1.09 bits per heavy atom. The molecular formula is C19H21NO2. The van der Waals surface area contributed by atoms with Gasteiger partial charge in [-0.1, -0.05) is 67.6 Å². The van der Waals surface area contributed by atoms with Crippen LogP contribution in [-0.2, 0) is 6.42 Å². The van der Waals surface area contributed by atoms with E-state index in [-0.39, 0.29) is 10.8 Å². The van der Waals surface area contributed by atoms with Crippen molar-refractivity contribution < 1.29 is 4.92 Å². The number of nitro groups is 1. The summed E-state index contributed by atoms with van der Waals surface area (Å²) in [6, 6.07) is 17.6. The van der Waals surface area contributed by atoms with Gasteiger partial charge in [0.25, 0.3) is 0 Å². The van der Waals surface area contributed by atoms with Crippen LogP contribution in [0.5, 0.6) is 0 Å². The highest BCUT2D eigenvalue weighted by Gasteiger charge is 2.22. The zero-order valence-corrected chi connectivity index (χ0v) is 12.8. The van der Waals surface area contributed by atoms with E-state index in [4.69, 9.17) is 0 Å². The second-order valence-corrected chi connectivity index (χ2v) is 5.65. The molecule has 2 atom stereocenters. The van der Waals surface area contributed by atoms with E-state index >= 15 is 0 Å². The van der Waals surface area contributed by atoms with Gasteiger partial charge in [-0.05, 0) is 22.6 Å². The van der Waals surface area contributed by atoms with Gasteiger partial charge in [0.2, 0.25) is 6.04 Å². The van der Waals surface area contributed by atoms with E-state index in [1.54, 1.807) is 6.08 Å². The molecule has 0 aliphatic heterocycles. The topological polar surface area (TPSA) is 43.1 Å². The van der Waals surface area contributed by atoms with Crippen LogP contribution in [0.1, 0.15) is 18.9 Å². The molecule has 2 aromatic rings. The largest absolute Gasteiger partial charge is 0.264 e. The number of benzene rings is 2. The molecule has 0 aromatic heterocycles. The Hall–Kier alpha value is -2.42. The molecule has 3 heteroatoms. The number of allylic oxidation sites excluding steroid dienone is 1. The molecule has 0 aliphatic carbocycles. The average molecular weight is 295 g/mol. The standard InChI is InChI=1S/C19H21NO2/c1-3-15(2)13-19(20(21)22)14-16-9-11-18(12-10-16)17-7-5-4-6-8-17/h3-12,15,19H,1,13-14H2,2H3. The van der Waals surface area contributed by atoms with Gasteiger partial charge in [0.05, 0.1) is 0 Å². The minimum Gasteiger partial charge on any atom is -0.264 e. The second-order valence-electron chi connectivity index (χ2n) is 5.65. The first kappa shape index (κ1) is 16.0. The van der Waals surface area contributed by atoms with Crippen LogP contribution >= 0.6 is 0 Å². The third-order valence-corrected chi connectivity index (χ3v) is 3.88. The first-order valence-corrected chi connectivity index (χ1v) is 7.50. The average Bonchev–Trinajstić information content (AvgIpc) is 2.55. The molecule has 0 radical (unpaired) electrons. The highest BCUT2D eigenvalue weighted by atomic mass is 16.6. The lowest BCUT2D eigenvalue weighted by molar-refractivity contribution is -0.523. The van der Waals surface area contributed by atoms with Crippen molar-refractivity contribution in [2.75, 3.05) is 0 Å². The van der Waals surface area contributed by atoms with E-state index in [1.807, 2.05) is 49.4 Å². The van der Waals surface area contributed by atoms with Gasteiger partial charge in [-0.2, -0.15) is 0 Å². The zero-order chi connectivity index (χ0) is 15.9. The number of nitrogens with zero attached hydrogens (tertiary/aromatic N) is 1. The third-order valence-electron chi connectivity index (χ3n) is 3.88. The van der Waals surface area contributed by atoms with E-state index < -0.39 is 6.04 Å². The lowest BCUT2D eigenvalue weighted by Crippen LogP contribution is -2.24. The Labute approximate surface area is 131 Å². The van der Waals surface area contributed by atoms with Crippen LogP contribution in [0.25, 0.3) is 11.1 Å². The molecule has 0 saturated carbocycles. The van der Waals surface area contributed by atoms with Crippen molar-refractivity contribution in [2.45, 2.75) is 25.8 Å². The summed E-state index contributed by atoms with van der Waals surface area (Å²) in [6.45, 7) is 5.66. The Balaban J connectivity index is 2.09. The Morgan fingerprint density at radius 3 is 2.23 bits per heavy atom. The molecule has 2 aromatic carbocycles. The van der Waals surface area contributed by atoms with E-state index in [0.29, 0.717) is 12.8 Å². The van der Waals surface area contributed by atoms with Crippen LogP contribution in [0.15, 0.2) is 67.3 Å². The van der Waals surface area contributed by atoms with Crippen molar-refractivity contribution in [3.05, 3.63) is 82.9 Å². The SMILES string of the molecule is C=CC(C)CC(Cc1ccc(-c2ccccc2)cc1)[N+](=O)[O-]. The van der Waals surface area contributed by atoms with E-state index in [9.17, 15) is 10.1 Å². The summed E-state index contributed by atoms with van der Waals surface area (Å²) in [6.07, 6.45) is 2.76. The Morgan fingerprint density at radius 2 is 1.68 bits per heavy atom. The highest BCUT2D eigenvalue weighted by molar-refractivity contribution is 5.63. The maximum absolute atomic E-state index is 11.2. The lowest BCUT2D eigenvalue weighted by atomic mass is 9.95. The van der Waals surface area contributed by atoms with Crippen molar-refractivity contribution in [1.29, 1.82) is 0 Å². The molecular weight excluding hydrogens is 274 g/mol.